The predicted octanol–water partition coefficient (Wildman–Crippen LogP) is 4.03. The first-order chi connectivity index (χ1) is 9.91. The fraction of sp³-hybridized carbons (Fsp3) is 0.429. The maximum absolute atomic E-state index is 13.1. The number of hydrogen-bond donors (Lipinski definition) is 1. The van der Waals surface area contributed by atoms with Gasteiger partial charge in [0.05, 0.1) is 10.6 Å². The third kappa shape index (κ3) is 4.01. The van der Waals surface area contributed by atoms with Crippen LogP contribution in [-0.4, -0.2) is 16.5 Å². The summed E-state index contributed by atoms with van der Waals surface area (Å²) in [7, 11) is 0. The summed E-state index contributed by atoms with van der Waals surface area (Å²) in [5.41, 5.74) is 0.607. The molecule has 2 rings (SSSR count). The first-order valence-electron chi connectivity index (χ1n) is 6.62. The Balaban J connectivity index is 2.36. The highest BCUT2D eigenvalue weighted by Gasteiger charge is 2.37. The Morgan fingerprint density at radius 3 is 2.71 bits per heavy atom. The number of halogens is 3. The van der Waals surface area contributed by atoms with E-state index in [2.05, 4.69) is 15.3 Å². The van der Waals surface area contributed by atoms with Gasteiger partial charge in [-0.25, -0.2) is 4.98 Å². The van der Waals surface area contributed by atoms with E-state index in [1.54, 1.807) is 18.3 Å². The molecule has 0 bridgehead atoms. The number of hydrogen-bond acceptors (Lipinski definition) is 4. The van der Waals surface area contributed by atoms with Crippen LogP contribution in [0.3, 0.4) is 0 Å². The highest BCUT2D eigenvalue weighted by molar-refractivity contribution is 7.15. The minimum Gasteiger partial charge on any atom is -0.312 e. The van der Waals surface area contributed by atoms with E-state index >= 15 is 0 Å². The molecule has 0 saturated carbocycles. The number of aryl methyl sites for hydroxylation is 1. The average molecular weight is 315 g/mol. The third-order valence-corrected chi connectivity index (χ3v) is 3.89. The van der Waals surface area contributed by atoms with Crippen LogP contribution in [0, 0.1) is 6.92 Å². The van der Waals surface area contributed by atoms with Crippen molar-refractivity contribution >= 4 is 11.3 Å². The lowest BCUT2D eigenvalue weighted by atomic mass is 10.2. The van der Waals surface area contributed by atoms with E-state index in [-0.39, 0.29) is 11.4 Å². The van der Waals surface area contributed by atoms with Crippen LogP contribution in [0.15, 0.2) is 18.3 Å². The molecular weight excluding hydrogens is 299 g/mol. The molecule has 7 heteroatoms. The third-order valence-electron chi connectivity index (χ3n) is 2.81. The van der Waals surface area contributed by atoms with E-state index in [0.717, 1.165) is 23.3 Å². The molecule has 114 valence electrons. The van der Waals surface area contributed by atoms with Crippen molar-refractivity contribution in [1.82, 2.24) is 15.3 Å². The van der Waals surface area contributed by atoms with Crippen molar-refractivity contribution in [1.29, 1.82) is 0 Å². The second kappa shape index (κ2) is 6.53. The summed E-state index contributed by atoms with van der Waals surface area (Å²) in [5, 5.41) is 3.29. The number of thiazole rings is 1. The van der Waals surface area contributed by atoms with Crippen molar-refractivity contribution in [2.75, 3.05) is 6.54 Å². The van der Waals surface area contributed by atoms with Crippen molar-refractivity contribution in [3.05, 3.63) is 34.5 Å². The van der Waals surface area contributed by atoms with Gasteiger partial charge in [-0.15, -0.1) is 11.3 Å². The van der Waals surface area contributed by atoms with Crippen LogP contribution in [0.2, 0.25) is 0 Å². The molecule has 0 aromatic carbocycles. The van der Waals surface area contributed by atoms with Crippen molar-refractivity contribution in [2.24, 2.45) is 0 Å². The second-order valence-electron chi connectivity index (χ2n) is 4.68. The van der Waals surface area contributed by atoms with E-state index < -0.39 is 11.9 Å². The molecule has 0 fully saturated rings. The number of aromatic nitrogens is 2. The predicted molar refractivity (Wildman–Crippen MR) is 77.1 cm³/mol. The Bertz CT molecular complexity index is 608. The lowest BCUT2D eigenvalue weighted by molar-refractivity contribution is -0.141. The van der Waals surface area contributed by atoms with E-state index in [1.807, 2.05) is 13.8 Å². The van der Waals surface area contributed by atoms with Crippen LogP contribution in [0.1, 0.15) is 29.5 Å². The summed E-state index contributed by atoms with van der Waals surface area (Å²) in [6, 6.07) is 3.54. The van der Waals surface area contributed by atoms with Gasteiger partial charge in [0.15, 0.2) is 5.69 Å². The molecule has 1 N–H and O–H groups in total. The molecule has 21 heavy (non-hydrogen) atoms. The Morgan fingerprint density at radius 2 is 2.10 bits per heavy atom. The topological polar surface area (TPSA) is 37.8 Å². The van der Waals surface area contributed by atoms with Crippen LogP contribution in [0.4, 0.5) is 13.2 Å². The molecule has 0 aliphatic rings. The van der Waals surface area contributed by atoms with Gasteiger partial charge in [0.25, 0.3) is 0 Å². The van der Waals surface area contributed by atoms with Crippen LogP contribution < -0.4 is 5.32 Å². The molecule has 0 aliphatic heterocycles. The van der Waals surface area contributed by atoms with Crippen molar-refractivity contribution in [3.8, 4) is 10.7 Å². The summed E-state index contributed by atoms with van der Waals surface area (Å²) in [4.78, 5) is 8.07. The van der Waals surface area contributed by atoms with Gasteiger partial charge in [-0.1, -0.05) is 6.92 Å². The highest BCUT2D eigenvalue weighted by atomic mass is 32.1. The first kappa shape index (κ1) is 15.9. The summed E-state index contributed by atoms with van der Waals surface area (Å²) < 4.78 is 39.2. The minimum absolute atomic E-state index is 0.173. The summed E-state index contributed by atoms with van der Waals surface area (Å²) in [5.74, 6) is 0. The number of alkyl halides is 3. The zero-order chi connectivity index (χ0) is 15.5. The van der Waals surface area contributed by atoms with Gasteiger partial charge in [0.1, 0.15) is 5.01 Å². The normalized spacial score (nSPS) is 11.9. The monoisotopic (exact) mass is 315 g/mol. The van der Waals surface area contributed by atoms with Crippen LogP contribution in [0.5, 0.6) is 0 Å². The molecule has 0 atom stereocenters. The molecule has 0 amide bonds. The fourth-order valence-electron chi connectivity index (χ4n) is 1.83. The molecule has 2 aromatic heterocycles. The molecule has 0 radical (unpaired) electrons. The van der Waals surface area contributed by atoms with Gasteiger partial charge in [0.2, 0.25) is 0 Å². The maximum atomic E-state index is 13.1. The maximum Gasteiger partial charge on any atom is 0.434 e. The van der Waals surface area contributed by atoms with Crippen molar-refractivity contribution < 1.29 is 13.2 Å². The molecule has 0 unspecified atom stereocenters. The van der Waals surface area contributed by atoms with Gasteiger partial charge in [-0.2, -0.15) is 13.2 Å². The Kier molecular flexibility index (Phi) is 4.95. The highest BCUT2D eigenvalue weighted by Crippen LogP contribution is 2.37. The number of nitrogens with zero attached hydrogens (tertiary/aromatic N) is 2. The van der Waals surface area contributed by atoms with E-state index in [1.165, 1.54) is 0 Å². The lowest BCUT2D eigenvalue weighted by Gasteiger charge is -2.06. The fourth-order valence-corrected chi connectivity index (χ4v) is 2.85. The SMILES string of the molecule is CCCNCc1sc(-c2cc(C)ccn2)nc1C(F)(F)F. The zero-order valence-electron chi connectivity index (χ0n) is 11.8. The van der Waals surface area contributed by atoms with Crippen molar-refractivity contribution in [3.63, 3.8) is 0 Å². The van der Waals surface area contributed by atoms with Gasteiger partial charge in [-0.05, 0) is 37.6 Å². The molecule has 3 nitrogen and oxygen atoms in total. The molecular formula is C14H16F3N3S. The zero-order valence-corrected chi connectivity index (χ0v) is 12.6. The minimum atomic E-state index is -4.44. The standard InChI is InChI=1S/C14H16F3N3S/c1-3-5-18-8-11-12(14(15,16)17)20-13(21-11)10-7-9(2)4-6-19-10/h4,6-7,18H,3,5,8H2,1-2H3. The Labute approximate surface area is 125 Å². The Hall–Kier alpha value is -1.47. The van der Waals surface area contributed by atoms with Gasteiger partial charge < -0.3 is 5.32 Å². The average Bonchev–Trinajstić information content (AvgIpc) is 2.83. The Morgan fingerprint density at radius 1 is 1.33 bits per heavy atom. The largest absolute Gasteiger partial charge is 0.434 e. The number of rotatable bonds is 5. The second-order valence-corrected chi connectivity index (χ2v) is 5.77. The molecule has 0 saturated heterocycles. The van der Waals surface area contributed by atoms with E-state index in [0.29, 0.717) is 17.2 Å². The summed E-state index contributed by atoms with van der Waals surface area (Å²) in [6.07, 6.45) is -2.00. The van der Waals surface area contributed by atoms with E-state index in [9.17, 15) is 13.2 Å². The molecule has 2 heterocycles. The van der Waals surface area contributed by atoms with Crippen LogP contribution in [-0.2, 0) is 12.7 Å². The molecule has 0 aliphatic carbocycles. The first-order valence-corrected chi connectivity index (χ1v) is 7.44. The molecule has 2 aromatic rings. The summed E-state index contributed by atoms with van der Waals surface area (Å²) >= 11 is 1.04. The number of nitrogens with one attached hydrogen (secondary N) is 1. The number of pyridine rings is 1. The van der Waals surface area contributed by atoms with Gasteiger partial charge >= 0.3 is 6.18 Å². The summed E-state index contributed by atoms with van der Waals surface area (Å²) in [6.45, 7) is 4.68. The lowest BCUT2D eigenvalue weighted by Crippen LogP contribution is -2.17. The van der Waals surface area contributed by atoms with Gasteiger partial charge in [0, 0.05) is 12.7 Å². The smallest absolute Gasteiger partial charge is 0.312 e. The van der Waals surface area contributed by atoms with E-state index in [4.69, 9.17) is 0 Å². The van der Waals surface area contributed by atoms with Crippen LogP contribution >= 0.6 is 11.3 Å². The molecule has 0 spiro atoms. The van der Waals surface area contributed by atoms with Gasteiger partial charge in [-0.3, -0.25) is 4.98 Å². The van der Waals surface area contributed by atoms with Crippen molar-refractivity contribution in [2.45, 2.75) is 33.0 Å². The van der Waals surface area contributed by atoms with Crippen LogP contribution in [0.25, 0.3) is 10.7 Å². The quantitative estimate of drug-likeness (QED) is 0.847.